The first-order valence-electron chi connectivity index (χ1n) is 11.8. The summed E-state index contributed by atoms with van der Waals surface area (Å²) in [4.78, 5) is 18.9. The van der Waals surface area contributed by atoms with Crippen molar-refractivity contribution in [2.75, 3.05) is 45.7 Å². The number of H-pyrrole nitrogens is 1. The lowest BCUT2D eigenvalue weighted by molar-refractivity contribution is 0.0985. The quantitative estimate of drug-likeness (QED) is 0.336. The number of anilines is 1. The molecule has 190 valence electrons. The number of benzene rings is 3. The van der Waals surface area contributed by atoms with Crippen molar-refractivity contribution < 1.29 is 19.0 Å². The molecule has 0 saturated heterocycles. The Labute approximate surface area is 216 Å². The van der Waals surface area contributed by atoms with Gasteiger partial charge in [-0.05, 0) is 59.0 Å². The van der Waals surface area contributed by atoms with E-state index in [9.17, 15) is 4.79 Å². The first kappa shape index (κ1) is 25.7. The van der Waals surface area contributed by atoms with Crippen LogP contribution in [0.4, 0.5) is 5.69 Å². The number of aromatic amines is 1. The molecular weight excluding hydrogens is 478 g/mol. The molecule has 5 rings (SSSR count). The van der Waals surface area contributed by atoms with E-state index in [1.54, 1.807) is 21.3 Å². The van der Waals surface area contributed by atoms with Gasteiger partial charge < -0.3 is 29.8 Å². The molecular formula is C28H32ClN3O4. The Kier molecular flexibility index (Phi) is 7.62. The molecule has 0 bridgehead atoms. The van der Waals surface area contributed by atoms with Crippen molar-refractivity contribution in [3.05, 3.63) is 59.3 Å². The number of ether oxygens (including phenoxy) is 3. The number of hydrogen-bond acceptors (Lipinski definition) is 5. The van der Waals surface area contributed by atoms with E-state index in [-0.39, 0.29) is 11.8 Å². The number of nitrogens with zero attached hydrogens (tertiary/aromatic N) is 1. The van der Waals surface area contributed by atoms with Crippen LogP contribution in [0.2, 0.25) is 0 Å². The maximum absolute atomic E-state index is 13.7. The Bertz CT molecular complexity index is 1420. The second-order valence-electron chi connectivity index (χ2n) is 8.65. The smallest absolute Gasteiger partial charge is 0.274 e. The van der Waals surface area contributed by atoms with E-state index in [0.717, 1.165) is 17.5 Å². The van der Waals surface area contributed by atoms with Crippen molar-refractivity contribution in [1.29, 1.82) is 0 Å². The molecule has 1 aliphatic heterocycles. The molecule has 1 atom stereocenters. The van der Waals surface area contributed by atoms with E-state index in [1.807, 2.05) is 17.0 Å². The van der Waals surface area contributed by atoms with Crippen LogP contribution in [0.3, 0.4) is 0 Å². The molecule has 2 heterocycles. The summed E-state index contributed by atoms with van der Waals surface area (Å²) < 4.78 is 16.6. The Balaban J connectivity index is 0.00000148. The molecule has 0 spiro atoms. The van der Waals surface area contributed by atoms with Gasteiger partial charge in [-0.15, -0.1) is 11.6 Å². The van der Waals surface area contributed by atoms with Gasteiger partial charge in [-0.2, -0.15) is 0 Å². The highest BCUT2D eigenvalue weighted by atomic mass is 35.5. The van der Waals surface area contributed by atoms with Crippen LogP contribution in [0, 0.1) is 0 Å². The highest BCUT2D eigenvalue weighted by Crippen LogP contribution is 2.44. The van der Waals surface area contributed by atoms with Crippen LogP contribution in [0.15, 0.2) is 42.5 Å². The van der Waals surface area contributed by atoms with Gasteiger partial charge in [0.15, 0.2) is 11.5 Å². The molecule has 0 radical (unpaired) electrons. The highest BCUT2D eigenvalue weighted by molar-refractivity contribution is 6.15. The van der Waals surface area contributed by atoms with Crippen LogP contribution >= 0.6 is 11.6 Å². The number of hydrogen-bond donors (Lipinski definition) is 2. The lowest BCUT2D eigenvalue weighted by Crippen LogP contribution is -2.29. The summed E-state index contributed by atoms with van der Waals surface area (Å²) in [5, 5.41) is 3.22. The fraction of sp³-hybridized carbons (Fsp3) is 0.321. The second-order valence-corrected chi connectivity index (χ2v) is 8.65. The zero-order valence-corrected chi connectivity index (χ0v) is 22.0. The molecule has 1 aromatic heterocycles. The zero-order chi connectivity index (χ0) is 26.0. The lowest BCUT2D eigenvalue weighted by atomic mass is 9.91. The lowest BCUT2D eigenvalue weighted by Gasteiger charge is -2.21. The normalized spacial score (nSPS) is 13.2. The number of rotatable bonds is 6. The summed E-state index contributed by atoms with van der Waals surface area (Å²) in [5.41, 5.74) is 10.5. The third-order valence-corrected chi connectivity index (χ3v) is 6.82. The molecule has 8 heteroatoms. The summed E-state index contributed by atoms with van der Waals surface area (Å²) in [6, 6.07) is 14.2. The highest BCUT2D eigenvalue weighted by Gasteiger charge is 2.30. The Morgan fingerprint density at radius 2 is 1.75 bits per heavy atom. The third kappa shape index (κ3) is 4.12. The minimum absolute atomic E-state index is 0.0865. The molecule has 0 saturated carbocycles. The molecule has 1 aliphatic rings. The fourth-order valence-electron chi connectivity index (χ4n) is 5.05. The van der Waals surface area contributed by atoms with E-state index >= 15 is 0 Å². The van der Waals surface area contributed by atoms with Gasteiger partial charge in [-0.3, -0.25) is 4.79 Å². The van der Waals surface area contributed by atoms with Crippen LogP contribution in [0.25, 0.3) is 21.7 Å². The third-order valence-electron chi connectivity index (χ3n) is 6.82. The van der Waals surface area contributed by atoms with Crippen LogP contribution in [-0.4, -0.2) is 51.7 Å². The number of halogens is 1. The molecule has 36 heavy (non-hydrogen) atoms. The van der Waals surface area contributed by atoms with Gasteiger partial charge in [0.05, 0.1) is 26.8 Å². The van der Waals surface area contributed by atoms with Crippen molar-refractivity contribution >= 4 is 44.9 Å². The maximum atomic E-state index is 13.7. The van der Waals surface area contributed by atoms with Gasteiger partial charge in [0.1, 0.15) is 5.69 Å². The Morgan fingerprint density at radius 3 is 2.39 bits per heavy atom. The Morgan fingerprint density at radius 1 is 1.06 bits per heavy atom. The molecule has 3 N–H and O–H groups in total. The summed E-state index contributed by atoms with van der Waals surface area (Å²) in [5.74, 6) is 1.63. The predicted molar refractivity (Wildman–Crippen MR) is 147 cm³/mol. The minimum atomic E-state index is -0.0865. The monoisotopic (exact) mass is 509 g/mol. The van der Waals surface area contributed by atoms with Crippen molar-refractivity contribution in [3.8, 4) is 17.2 Å². The summed E-state index contributed by atoms with van der Waals surface area (Å²) in [6.07, 6.45) is 2.28. The van der Waals surface area contributed by atoms with E-state index < -0.39 is 0 Å². The number of methoxy groups -OCH3 is 3. The molecule has 3 aromatic carbocycles. The van der Waals surface area contributed by atoms with Crippen molar-refractivity contribution in [3.63, 3.8) is 0 Å². The number of alkyl halides is 1. The van der Waals surface area contributed by atoms with Crippen LogP contribution in [0.5, 0.6) is 17.2 Å². The van der Waals surface area contributed by atoms with Crippen molar-refractivity contribution in [2.45, 2.75) is 19.3 Å². The number of aromatic nitrogens is 1. The fourth-order valence-corrected chi connectivity index (χ4v) is 5.05. The van der Waals surface area contributed by atoms with Gasteiger partial charge >= 0.3 is 0 Å². The molecule has 0 aliphatic carbocycles. The molecule has 4 aromatic rings. The molecule has 1 unspecified atom stereocenters. The van der Waals surface area contributed by atoms with Gasteiger partial charge in [-0.1, -0.05) is 31.2 Å². The number of nitrogens with two attached hydrogens (primary N) is 1. The number of amides is 1. The summed E-state index contributed by atoms with van der Waals surface area (Å²) in [6.45, 7) is 3.29. The molecule has 7 nitrogen and oxygen atoms in total. The maximum Gasteiger partial charge on any atom is 0.274 e. The average molecular weight is 510 g/mol. The number of carbonyl (C=O) groups excluding carboxylic acids is 1. The van der Waals surface area contributed by atoms with Crippen molar-refractivity contribution in [2.24, 2.45) is 5.73 Å². The van der Waals surface area contributed by atoms with Gasteiger partial charge in [0.25, 0.3) is 5.91 Å². The van der Waals surface area contributed by atoms with E-state index in [4.69, 9.17) is 19.9 Å². The SMILES string of the molecule is CCl.COc1cc2cc(C(=O)N3CCc4c3cc(C(C)CN)c3ccccc43)[nH]c2c(OC)c1OC. The summed E-state index contributed by atoms with van der Waals surface area (Å²) in [7, 11) is 4.71. The van der Waals surface area contributed by atoms with E-state index in [2.05, 4.69) is 53.8 Å². The first-order valence-corrected chi connectivity index (χ1v) is 12.5. The minimum Gasteiger partial charge on any atom is -0.493 e. The zero-order valence-electron chi connectivity index (χ0n) is 21.3. The predicted octanol–water partition coefficient (Wildman–Crippen LogP) is 5.47. The molecule has 1 amide bonds. The molecule has 0 fully saturated rings. The second kappa shape index (κ2) is 10.7. The Hall–Kier alpha value is -3.42. The van der Waals surface area contributed by atoms with Crippen molar-refractivity contribution in [1.82, 2.24) is 4.98 Å². The van der Waals surface area contributed by atoms with E-state index in [1.165, 1.54) is 28.3 Å². The van der Waals surface area contributed by atoms with Crippen LogP contribution < -0.4 is 24.8 Å². The van der Waals surface area contributed by atoms with Gasteiger partial charge in [0, 0.05) is 24.0 Å². The summed E-state index contributed by atoms with van der Waals surface area (Å²) >= 11 is 4.64. The van der Waals surface area contributed by atoms with Crippen LogP contribution in [0.1, 0.15) is 34.5 Å². The largest absolute Gasteiger partial charge is 0.493 e. The number of carbonyl (C=O) groups is 1. The van der Waals surface area contributed by atoms with Crippen LogP contribution in [-0.2, 0) is 6.42 Å². The standard InChI is InChI=1S/C27H29N3O4.CH3Cl/c1-15(14-28)20-13-22-19(17-7-5-6-8-18(17)20)9-10-30(22)27(31)21-11-16-12-23(32-2)25(33-3)26(34-4)24(16)29-21;1-2/h5-8,11-13,15,29H,9-10,14,28H2,1-4H3;1H3. The van der Waals surface area contributed by atoms with E-state index in [0.29, 0.717) is 41.5 Å². The first-order chi connectivity index (χ1) is 17.5. The van der Waals surface area contributed by atoms with Gasteiger partial charge in [0.2, 0.25) is 5.75 Å². The van der Waals surface area contributed by atoms with Gasteiger partial charge in [-0.25, -0.2) is 0 Å². The number of nitrogens with one attached hydrogen (secondary N) is 1. The topological polar surface area (TPSA) is 89.8 Å². The average Bonchev–Trinajstić information content (AvgIpc) is 3.56. The number of fused-ring (bicyclic) bond motifs is 4.